The molecule has 31 heavy (non-hydrogen) atoms. The Morgan fingerprint density at radius 2 is 1.84 bits per heavy atom. The van der Waals surface area contributed by atoms with Gasteiger partial charge in [0.05, 0.1) is 23.4 Å². The van der Waals surface area contributed by atoms with Crippen molar-refractivity contribution in [3.63, 3.8) is 0 Å². The number of anilines is 1. The molecule has 2 heterocycles. The van der Waals surface area contributed by atoms with Gasteiger partial charge in [0.1, 0.15) is 17.6 Å². The van der Waals surface area contributed by atoms with Gasteiger partial charge in [-0.05, 0) is 48.9 Å². The second-order valence-electron chi connectivity index (χ2n) is 7.06. The normalized spacial score (nSPS) is 17.8. The second-order valence-corrected chi connectivity index (χ2v) is 7.46. The molecule has 0 radical (unpaired) electrons. The maximum atomic E-state index is 13.2. The molecule has 0 saturated carbocycles. The number of nitrogens with zero attached hydrogens (tertiary/aromatic N) is 2. The molecular weight excluding hydrogens is 416 g/mol. The van der Waals surface area contributed by atoms with Crippen molar-refractivity contribution in [2.75, 3.05) is 12.0 Å². The van der Waals surface area contributed by atoms with Crippen LogP contribution in [0.25, 0.3) is 5.76 Å². The molecule has 1 amide bonds. The number of halogens is 1. The monoisotopic (exact) mass is 434 g/mol. The third-order valence-electron chi connectivity index (χ3n) is 5.22. The van der Waals surface area contributed by atoms with Crippen LogP contribution in [-0.4, -0.2) is 28.9 Å². The highest BCUT2D eigenvalue weighted by molar-refractivity contribution is 6.52. The lowest BCUT2D eigenvalue weighted by Crippen LogP contribution is -2.30. The summed E-state index contributed by atoms with van der Waals surface area (Å²) in [5.41, 5.74) is 1.94. The Morgan fingerprint density at radius 3 is 2.52 bits per heavy atom. The summed E-state index contributed by atoms with van der Waals surface area (Å²) in [6.07, 6.45) is 1.58. The average Bonchev–Trinajstić information content (AvgIpc) is 3.05. The van der Waals surface area contributed by atoms with Gasteiger partial charge in [-0.2, -0.15) is 0 Å². The van der Waals surface area contributed by atoms with Crippen LogP contribution >= 0.6 is 11.6 Å². The van der Waals surface area contributed by atoms with Crippen LogP contribution in [0.3, 0.4) is 0 Å². The van der Waals surface area contributed by atoms with E-state index in [4.69, 9.17) is 16.3 Å². The number of aliphatic hydroxyl groups is 1. The topological polar surface area (TPSA) is 79.7 Å². The summed E-state index contributed by atoms with van der Waals surface area (Å²) in [6.45, 7) is 1.85. The molecular formula is C24H19ClN2O4. The smallest absolute Gasteiger partial charge is 0.300 e. The number of rotatable bonds is 4. The molecule has 1 fully saturated rings. The molecule has 6 nitrogen and oxygen atoms in total. The fourth-order valence-corrected chi connectivity index (χ4v) is 3.90. The highest BCUT2D eigenvalue weighted by Crippen LogP contribution is 2.43. The largest absolute Gasteiger partial charge is 0.507 e. The molecule has 1 aromatic heterocycles. The first-order valence-electron chi connectivity index (χ1n) is 9.55. The summed E-state index contributed by atoms with van der Waals surface area (Å²) in [5, 5.41) is 11.4. The van der Waals surface area contributed by atoms with Crippen LogP contribution in [0.4, 0.5) is 5.69 Å². The summed E-state index contributed by atoms with van der Waals surface area (Å²) in [4.78, 5) is 32.0. The number of benzene rings is 2. The first kappa shape index (κ1) is 20.6. The number of amides is 1. The molecule has 1 saturated heterocycles. The summed E-state index contributed by atoms with van der Waals surface area (Å²) in [5.74, 6) is -1.48. The van der Waals surface area contributed by atoms with E-state index in [-0.39, 0.29) is 21.9 Å². The number of carbonyl (C=O) groups is 2. The molecule has 1 unspecified atom stereocenters. The Balaban J connectivity index is 1.99. The van der Waals surface area contributed by atoms with E-state index < -0.39 is 17.7 Å². The van der Waals surface area contributed by atoms with Crippen LogP contribution in [0.1, 0.15) is 22.9 Å². The van der Waals surface area contributed by atoms with Crippen molar-refractivity contribution in [1.29, 1.82) is 0 Å². The lowest BCUT2D eigenvalue weighted by Gasteiger charge is -2.26. The van der Waals surface area contributed by atoms with Gasteiger partial charge in [-0.15, -0.1) is 0 Å². The molecule has 1 aliphatic rings. The van der Waals surface area contributed by atoms with Gasteiger partial charge in [-0.3, -0.25) is 19.5 Å². The number of methoxy groups -OCH3 is 1. The van der Waals surface area contributed by atoms with E-state index >= 15 is 0 Å². The van der Waals surface area contributed by atoms with Crippen molar-refractivity contribution in [2.45, 2.75) is 13.0 Å². The molecule has 4 rings (SSSR count). The van der Waals surface area contributed by atoms with Gasteiger partial charge in [0, 0.05) is 17.4 Å². The predicted octanol–water partition coefficient (Wildman–Crippen LogP) is 4.68. The van der Waals surface area contributed by atoms with Crippen LogP contribution < -0.4 is 9.64 Å². The van der Waals surface area contributed by atoms with Gasteiger partial charge in [-0.1, -0.05) is 35.9 Å². The van der Waals surface area contributed by atoms with E-state index in [0.29, 0.717) is 17.1 Å². The van der Waals surface area contributed by atoms with E-state index in [1.807, 2.05) is 19.1 Å². The third kappa shape index (κ3) is 3.55. The van der Waals surface area contributed by atoms with Gasteiger partial charge in [0.25, 0.3) is 11.7 Å². The fourth-order valence-electron chi connectivity index (χ4n) is 3.69. The second kappa shape index (κ2) is 8.24. The third-order valence-corrected chi connectivity index (χ3v) is 5.55. The number of aryl methyl sites for hydroxylation is 1. The summed E-state index contributed by atoms with van der Waals surface area (Å²) >= 11 is 6.31. The molecule has 3 aromatic rings. The molecule has 7 heteroatoms. The van der Waals surface area contributed by atoms with Gasteiger partial charge < -0.3 is 9.84 Å². The van der Waals surface area contributed by atoms with E-state index in [0.717, 1.165) is 5.56 Å². The molecule has 2 aromatic carbocycles. The maximum absolute atomic E-state index is 13.2. The SMILES string of the molecule is COc1ccc(Cl)c(/C(O)=C2\C(=O)C(=O)N(c3ccccc3C)C2c2ccccn2)c1. The number of aliphatic hydroxyl groups excluding tert-OH is 1. The Labute approximate surface area is 184 Å². The fraction of sp³-hybridized carbons (Fsp3) is 0.125. The first-order chi connectivity index (χ1) is 14.9. The first-order valence-corrected chi connectivity index (χ1v) is 9.93. The molecule has 156 valence electrons. The Hall–Kier alpha value is -3.64. The van der Waals surface area contributed by atoms with Gasteiger partial charge in [0.2, 0.25) is 0 Å². The number of ether oxygens (including phenoxy) is 1. The van der Waals surface area contributed by atoms with Crippen LogP contribution in [0.2, 0.25) is 5.02 Å². The van der Waals surface area contributed by atoms with Gasteiger partial charge >= 0.3 is 0 Å². The zero-order chi connectivity index (χ0) is 22.1. The van der Waals surface area contributed by atoms with Crippen molar-refractivity contribution in [3.8, 4) is 5.75 Å². The van der Waals surface area contributed by atoms with Crippen LogP contribution in [0.5, 0.6) is 5.75 Å². The highest BCUT2D eigenvalue weighted by Gasteiger charge is 2.48. The minimum Gasteiger partial charge on any atom is -0.507 e. The summed E-state index contributed by atoms with van der Waals surface area (Å²) in [6, 6.07) is 16.3. The number of hydrogen-bond acceptors (Lipinski definition) is 5. The van der Waals surface area contributed by atoms with Crippen LogP contribution in [0, 0.1) is 6.92 Å². The van der Waals surface area contributed by atoms with E-state index in [9.17, 15) is 14.7 Å². The van der Waals surface area contributed by atoms with Crippen molar-refractivity contribution < 1.29 is 19.4 Å². The zero-order valence-electron chi connectivity index (χ0n) is 16.9. The molecule has 1 atom stereocenters. The van der Waals surface area contributed by atoms with Crippen molar-refractivity contribution >= 4 is 34.7 Å². The molecule has 0 aliphatic carbocycles. The number of hydrogen-bond donors (Lipinski definition) is 1. The predicted molar refractivity (Wildman–Crippen MR) is 118 cm³/mol. The van der Waals surface area contributed by atoms with Crippen molar-refractivity contribution in [1.82, 2.24) is 4.98 Å². The highest BCUT2D eigenvalue weighted by atomic mass is 35.5. The van der Waals surface area contributed by atoms with E-state index in [1.54, 1.807) is 48.7 Å². The van der Waals surface area contributed by atoms with Crippen LogP contribution in [-0.2, 0) is 9.59 Å². The molecule has 1 aliphatic heterocycles. The van der Waals surface area contributed by atoms with Crippen molar-refractivity contribution in [2.24, 2.45) is 0 Å². The number of carbonyl (C=O) groups excluding carboxylic acids is 2. The molecule has 0 bridgehead atoms. The Bertz CT molecular complexity index is 1210. The maximum Gasteiger partial charge on any atom is 0.300 e. The standard InChI is InChI=1S/C24H19ClN2O4/c1-14-7-3-4-9-19(14)27-21(18-8-5-6-12-26-18)20(23(29)24(27)30)22(28)16-13-15(31-2)10-11-17(16)25/h3-13,21,28H,1-2H3/b22-20+. The summed E-state index contributed by atoms with van der Waals surface area (Å²) in [7, 11) is 1.48. The lowest BCUT2D eigenvalue weighted by atomic mass is 9.97. The minimum absolute atomic E-state index is 0.0814. The Morgan fingerprint density at radius 1 is 1.10 bits per heavy atom. The number of para-hydroxylation sites is 1. The van der Waals surface area contributed by atoms with Crippen molar-refractivity contribution in [3.05, 3.63) is 94.3 Å². The van der Waals surface area contributed by atoms with E-state index in [1.165, 1.54) is 18.1 Å². The number of aromatic nitrogens is 1. The van der Waals surface area contributed by atoms with E-state index in [2.05, 4.69) is 4.98 Å². The lowest BCUT2D eigenvalue weighted by molar-refractivity contribution is -0.132. The van der Waals surface area contributed by atoms with Crippen LogP contribution in [0.15, 0.2) is 72.4 Å². The summed E-state index contributed by atoms with van der Waals surface area (Å²) < 4.78 is 5.22. The number of ketones is 1. The Kier molecular flexibility index (Phi) is 5.48. The molecule has 0 spiro atoms. The van der Waals surface area contributed by atoms with Gasteiger partial charge in [0.15, 0.2) is 0 Å². The average molecular weight is 435 g/mol. The number of pyridine rings is 1. The zero-order valence-corrected chi connectivity index (χ0v) is 17.6. The minimum atomic E-state index is -0.912. The number of Topliss-reactive ketones (excluding diaryl/α,β-unsaturated/α-hetero) is 1. The molecule has 1 N–H and O–H groups in total. The van der Waals surface area contributed by atoms with Gasteiger partial charge in [-0.25, -0.2) is 0 Å². The quantitative estimate of drug-likeness (QED) is 0.366.